The van der Waals surface area contributed by atoms with Crippen LogP contribution in [0.3, 0.4) is 0 Å². The second-order valence-corrected chi connectivity index (χ2v) is 7.36. The highest BCUT2D eigenvalue weighted by Crippen LogP contribution is 2.41. The molecule has 3 rings (SSSR count). The number of benzene rings is 2. The van der Waals surface area contributed by atoms with E-state index in [1.54, 1.807) is 12.1 Å². The molecule has 0 bridgehead atoms. The van der Waals surface area contributed by atoms with Crippen molar-refractivity contribution in [3.63, 3.8) is 0 Å². The first-order valence-electron chi connectivity index (χ1n) is 9.03. The van der Waals surface area contributed by atoms with Gasteiger partial charge < -0.3 is 19.2 Å². The minimum Gasteiger partial charge on any atom is -0.493 e. The Hall–Kier alpha value is -3.44. The first-order valence-corrected chi connectivity index (χ1v) is 10.0. The van der Waals surface area contributed by atoms with Crippen LogP contribution in [-0.4, -0.2) is 31.3 Å². The van der Waals surface area contributed by atoms with E-state index in [9.17, 15) is 10.1 Å². The number of aryl methyl sites for hydroxylation is 1. The van der Waals surface area contributed by atoms with E-state index in [0.29, 0.717) is 33.7 Å². The van der Waals surface area contributed by atoms with Gasteiger partial charge in [-0.05, 0) is 24.6 Å². The zero-order chi connectivity index (χ0) is 21.7. The molecule has 0 fully saturated rings. The molecule has 0 atom stereocenters. The number of methoxy groups -OCH3 is 3. The summed E-state index contributed by atoms with van der Waals surface area (Å²) >= 11 is 1.39. The molecule has 8 heteroatoms. The molecule has 0 aliphatic heterocycles. The summed E-state index contributed by atoms with van der Waals surface area (Å²) in [5.74, 6) is 1.86. The lowest BCUT2D eigenvalue weighted by Gasteiger charge is -2.14. The molecule has 154 valence electrons. The van der Waals surface area contributed by atoms with Crippen molar-refractivity contribution in [3.05, 3.63) is 63.4 Å². The standard InChI is InChI=1S/C22H21N3O4S/c1-13-5-7-14(8-6-13)12-30-22-24-19(16(11-23)21(26)25-22)15-9-17(27-2)20(29-4)18(10-15)28-3/h5-10H,12H2,1-4H3,(H,24,25,26). The average molecular weight is 423 g/mol. The lowest BCUT2D eigenvalue weighted by Crippen LogP contribution is -2.15. The summed E-state index contributed by atoms with van der Waals surface area (Å²) in [5.41, 5.74) is 2.48. The van der Waals surface area contributed by atoms with Gasteiger partial charge in [-0.25, -0.2) is 4.98 Å². The molecule has 1 heterocycles. The van der Waals surface area contributed by atoms with Crippen LogP contribution >= 0.6 is 11.8 Å². The Bertz CT molecular complexity index is 1130. The summed E-state index contributed by atoms with van der Waals surface area (Å²) in [7, 11) is 4.51. The lowest BCUT2D eigenvalue weighted by molar-refractivity contribution is 0.324. The lowest BCUT2D eigenvalue weighted by atomic mass is 10.1. The fourth-order valence-electron chi connectivity index (χ4n) is 2.89. The van der Waals surface area contributed by atoms with Crippen molar-refractivity contribution in [1.29, 1.82) is 5.26 Å². The van der Waals surface area contributed by atoms with Crippen LogP contribution in [0.15, 0.2) is 46.3 Å². The average Bonchev–Trinajstić information content (AvgIpc) is 2.77. The van der Waals surface area contributed by atoms with Gasteiger partial charge in [-0.1, -0.05) is 41.6 Å². The summed E-state index contributed by atoms with van der Waals surface area (Å²) in [6, 6.07) is 13.4. The van der Waals surface area contributed by atoms with Gasteiger partial charge in [0.2, 0.25) is 5.75 Å². The van der Waals surface area contributed by atoms with Gasteiger partial charge in [0.05, 0.1) is 27.0 Å². The van der Waals surface area contributed by atoms with Crippen LogP contribution in [-0.2, 0) is 5.75 Å². The van der Waals surface area contributed by atoms with Crippen LogP contribution in [0.25, 0.3) is 11.3 Å². The van der Waals surface area contributed by atoms with Gasteiger partial charge in [-0.15, -0.1) is 0 Å². The third kappa shape index (κ3) is 4.42. The predicted molar refractivity (Wildman–Crippen MR) is 115 cm³/mol. The van der Waals surface area contributed by atoms with Crippen LogP contribution in [0, 0.1) is 18.3 Å². The molecule has 0 saturated carbocycles. The smallest absolute Gasteiger partial charge is 0.270 e. The molecule has 0 unspecified atom stereocenters. The molecule has 1 N–H and O–H groups in total. The van der Waals surface area contributed by atoms with Crippen LogP contribution in [0.5, 0.6) is 17.2 Å². The number of hydrogen-bond donors (Lipinski definition) is 1. The minimum atomic E-state index is -0.498. The molecule has 0 saturated heterocycles. The molecule has 3 aromatic rings. The van der Waals surface area contributed by atoms with E-state index < -0.39 is 5.56 Å². The molecule has 0 amide bonds. The van der Waals surface area contributed by atoms with Crippen molar-refractivity contribution >= 4 is 11.8 Å². The molecule has 0 spiro atoms. The maximum atomic E-state index is 12.5. The van der Waals surface area contributed by atoms with E-state index in [4.69, 9.17) is 14.2 Å². The van der Waals surface area contributed by atoms with E-state index in [-0.39, 0.29) is 11.3 Å². The van der Waals surface area contributed by atoms with E-state index >= 15 is 0 Å². The number of hydrogen-bond acceptors (Lipinski definition) is 7. The van der Waals surface area contributed by atoms with Gasteiger partial charge in [0, 0.05) is 11.3 Å². The number of aromatic amines is 1. The van der Waals surface area contributed by atoms with Crippen LogP contribution in [0.1, 0.15) is 16.7 Å². The van der Waals surface area contributed by atoms with Crippen molar-refractivity contribution in [3.8, 4) is 34.6 Å². The van der Waals surface area contributed by atoms with Crippen molar-refractivity contribution < 1.29 is 14.2 Å². The van der Waals surface area contributed by atoms with E-state index in [1.165, 1.54) is 38.7 Å². The molecular weight excluding hydrogens is 402 g/mol. The molecule has 2 aromatic carbocycles. The molecule has 7 nitrogen and oxygen atoms in total. The number of thioether (sulfide) groups is 1. The Kier molecular flexibility index (Phi) is 6.65. The van der Waals surface area contributed by atoms with Gasteiger partial charge in [0.25, 0.3) is 5.56 Å². The number of nitrogens with zero attached hydrogens (tertiary/aromatic N) is 2. The molecule has 0 aliphatic carbocycles. The zero-order valence-corrected chi connectivity index (χ0v) is 17.9. The summed E-state index contributed by atoms with van der Waals surface area (Å²) in [6.45, 7) is 2.03. The largest absolute Gasteiger partial charge is 0.493 e. The fraction of sp³-hybridized carbons (Fsp3) is 0.227. The first kappa shape index (κ1) is 21.3. The van der Waals surface area contributed by atoms with Crippen molar-refractivity contribution in [2.24, 2.45) is 0 Å². The fourth-order valence-corrected chi connectivity index (χ4v) is 3.70. The third-order valence-corrected chi connectivity index (χ3v) is 5.39. The monoisotopic (exact) mass is 423 g/mol. The molecule has 30 heavy (non-hydrogen) atoms. The van der Waals surface area contributed by atoms with Gasteiger partial charge in [-0.2, -0.15) is 5.26 Å². The second-order valence-electron chi connectivity index (χ2n) is 6.39. The second kappa shape index (κ2) is 9.37. The molecule has 0 radical (unpaired) electrons. The maximum Gasteiger partial charge on any atom is 0.270 e. The van der Waals surface area contributed by atoms with Crippen LogP contribution < -0.4 is 19.8 Å². The Labute approximate surface area is 178 Å². The molecular formula is C22H21N3O4S. The van der Waals surface area contributed by atoms with Gasteiger partial charge in [-0.3, -0.25) is 4.79 Å². The zero-order valence-electron chi connectivity index (χ0n) is 17.1. The normalized spacial score (nSPS) is 10.4. The van der Waals surface area contributed by atoms with Crippen molar-refractivity contribution in [2.45, 2.75) is 17.8 Å². The highest BCUT2D eigenvalue weighted by Gasteiger charge is 2.19. The number of nitrogens with one attached hydrogen (secondary N) is 1. The van der Waals surface area contributed by atoms with Crippen molar-refractivity contribution in [2.75, 3.05) is 21.3 Å². The minimum absolute atomic E-state index is 0.0797. The highest BCUT2D eigenvalue weighted by molar-refractivity contribution is 7.98. The quantitative estimate of drug-likeness (QED) is 0.454. The molecule has 1 aromatic heterocycles. The SMILES string of the molecule is COc1cc(-c2nc(SCc3ccc(C)cc3)[nH]c(=O)c2C#N)cc(OC)c1OC. The Balaban J connectivity index is 2.05. The van der Waals surface area contributed by atoms with Crippen LogP contribution in [0.2, 0.25) is 0 Å². The number of rotatable bonds is 7. The van der Waals surface area contributed by atoms with Gasteiger partial charge in [0.15, 0.2) is 16.7 Å². The summed E-state index contributed by atoms with van der Waals surface area (Å²) in [4.78, 5) is 19.8. The summed E-state index contributed by atoms with van der Waals surface area (Å²) in [5, 5.41) is 9.95. The first-order chi connectivity index (χ1) is 14.5. The van der Waals surface area contributed by atoms with E-state index in [0.717, 1.165) is 5.56 Å². The highest BCUT2D eigenvalue weighted by atomic mass is 32.2. The van der Waals surface area contributed by atoms with Gasteiger partial charge in [0.1, 0.15) is 11.6 Å². The Morgan fingerprint density at radius 1 is 1.07 bits per heavy atom. The summed E-state index contributed by atoms with van der Waals surface area (Å²) < 4.78 is 16.1. The maximum absolute atomic E-state index is 12.5. The van der Waals surface area contributed by atoms with Crippen molar-refractivity contribution in [1.82, 2.24) is 9.97 Å². The van der Waals surface area contributed by atoms with Crippen LogP contribution in [0.4, 0.5) is 0 Å². The predicted octanol–water partition coefficient (Wildman–Crippen LogP) is 3.94. The summed E-state index contributed by atoms with van der Waals surface area (Å²) in [6.07, 6.45) is 0. The van der Waals surface area contributed by atoms with E-state index in [1.807, 2.05) is 37.3 Å². The molecule has 0 aliphatic rings. The Morgan fingerprint density at radius 2 is 1.70 bits per heavy atom. The number of aromatic nitrogens is 2. The van der Waals surface area contributed by atoms with Gasteiger partial charge >= 0.3 is 0 Å². The number of ether oxygens (including phenoxy) is 3. The topological polar surface area (TPSA) is 97.2 Å². The number of nitriles is 1. The number of H-pyrrole nitrogens is 1. The van der Waals surface area contributed by atoms with E-state index in [2.05, 4.69) is 9.97 Å². The Morgan fingerprint density at radius 3 is 2.23 bits per heavy atom. The third-order valence-electron chi connectivity index (χ3n) is 4.44.